The predicted octanol–water partition coefficient (Wildman–Crippen LogP) is 4.76. The van der Waals surface area contributed by atoms with E-state index in [1.165, 1.54) is 17.0 Å². The highest BCUT2D eigenvalue weighted by atomic mass is 32.2. The Morgan fingerprint density at radius 1 is 0.929 bits per heavy atom. The summed E-state index contributed by atoms with van der Waals surface area (Å²) in [5, 5.41) is 2.85. The maximum atomic E-state index is 14.0. The summed E-state index contributed by atoms with van der Waals surface area (Å²) in [7, 11) is -2.76. The summed E-state index contributed by atoms with van der Waals surface area (Å²) in [6, 6.07) is 16.8. The van der Waals surface area contributed by atoms with Gasteiger partial charge in [0.05, 0.1) is 24.3 Å². The quantitative estimate of drug-likeness (QED) is 0.253. The average molecular weight is 600 g/mol. The highest BCUT2D eigenvalue weighted by molar-refractivity contribution is 7.92. The molecule has 3 aromatic rings. The first kappa shape index (κ1) is 32.4. The minimum absolute atomic E-state index is 0.0545. The Kier molecular flexibility index (Phi) is 11.7. The number of anilines is 1. The molecule has 0 radical (unpaired) electrons. The number of hydrogen-bond acceptors (Lipinski definition) is 6. The van der Waals surface area contributed by atoms with Crippen LogP contribution in [0, 0.1) is 5.82 Å². The number of nitrogens with one attached hydrogen (secondary N) is 1. The van der Waals surface area contributed by atoms with Crippen LogP contribution in [-0.4, -0.2) is 58.0 Å². The monoisotopic (exact) mass is 599 g/mol. The second-order valence-electron chi connectivity index (χ2n) is 9.58. The molecule has 42 heavy (non-hydrogen) atoms. The molecule has 11 heteroatoms. The fourth-order valence-corrected chi connectivity index (χ4v) is 5.60. The lowest BCUT2D eigenvalue weighted by atomic mass is 10.1. The molecule has 0 unspecified atom stereocenters. The molecule has 0 aliphatic heterocycles. The Morgan fingerprint density at radius 3 is 2.12 bits per heavy atom. The van der Waals surface area contributed by atoms with E-state index in [1.54, 1.807) is 50.4 Å². The SMILES string of the molecule is CCCCNC(=O)[C@H](C)N(Cc1ccc(OC)cc1)C(=O)CN(c1ccc(OCC)cc1)S(=O)(=O)c1ccc(F)cc1. The fourth-order valence-electron chi connectivity index (χ4n) is 4.18. The van der Waals surface area contributed by atoms with Crippen molar-refractivity contribution in [3.05, 3.63) is 84.2 Å². The molecule has 226 valence electrons. The fraction of sp³-hybridized carbons (Fsp3) is 0.355. The molecule has 0 aromatic heterocycles. The van der Waals surface area contributed by atoms with Crippen LogP contribution in [0.15, 0.2) is 77.7 Å². The molecule has 3 aromatic carbocycles. The number of ether oxygens (including phenoxy) is 2. The van der Waals surface area contributed by atoms with Gasteiger partial charge in [-0.15, -0.1) is 0 Å². The molecule has 9 nitrogen and oxygen atoms in total. The Labute approximate surface area is 247 Å². The zero-order valence-corrected chi connectivity index (χ0v) is 25.2. The number of rotatable bonds is 15. The number of methoxy groups -OCH3 is 1. The van der Waals surface area contributed by atoms with Crippen molar-refractivity contribution in [2.24, 2.45) is 0 Å². The van der Waals surface area contributed by atoms with Crippen LogP contribution < -0.4 is 19.1 Å². The van der Waals surface area contributed by atoms with Gasteiger partial charge >= 0.3 is 0 Å². The van der Waals surface area contributed by atoms with Crippen molar-refractivity contribution in [3.8, 4) is 11.5 Å². The first-order chi connectivity index (χ1) is 20.1. The van der Waals surface area contributed by atoms with Crippen molar-refractivity contribution in [1.82, 2.24) is 10.2 Å². The Hall–Kier alpha value is -4.12. The highest BCUT2D eigenvalue weighted by Crippen LogP contribution is 2.27. The molecule has 0 aliphatic rings. The third kappa shape index (κ3) is 8.45. The predicted molar refractivity (Wildman–Crippen MR) is 159 cm³/mol. The Bertz CT molecular complexity index is 1410. The van der Waals surface area contributed by atoms with Crippen LogP contribution in [0.2, 0.25) is 0 Å². The second kappa shape index (κ2) is 15.2. The molecule has 1 N–H and O–H groups in total. The summed E-state index contributed by atoms with van der Waals surface area (Å²) in [4.78, 5) is 28.2. The van der Waals surface area contributed by atoms with Crippen molar-refractivity contribution in [3.63, 3.8) is 0 Å². The van der Waals surface area contributed by atoms with E-state index >= 15 is 0 Å². The number of halogens is 1. The van der Waals surface area contributed by atoms with E-state index in [0.29, 0.717) is 24.7 Å². The average Bonchev–Trinajstić information content (AvgIpc) is 2.99. The molecule has 0 heterocycles. The van der Waals surface area contributed by atoms with Crippen molar-refractivity contribution < 1.29 is 31.9 Å². The van der Waals surface area contributed by atoms with Crippen molar-refractivity contribution >= 4 is 27.5 Å². The largest absolute Gasteiger partial charge is 0.497 e. The Morgan fingerprint density at radius 2 is 1.55 bits per heavy atom. The third-order valence-electron chi connectivity index (χ3n) is 6.63. The van der Waals surface area contributed by atoms with Crippen LogP contribution in [0.4, 0.5) is 10.1 Å². The lowest BCUT2D eigenvalue weighted by Crippen LogP contribution is -2.51. The van der Waals surface area contributed by atoms with Gasteiger partial charge in [-0.1, -0.05) is 25.5 Å². The first-order valence-electron chi connectivity index (χ1n) is 13.8. The van der Waals surface area contributed by atoms with Crippen molar-refractivity contribution in [1.29, 1.82) is 0 Å². The molecule has 2 amide bonds. The number of carbonyl (C=O) groups excluding carboxylic acids is 2. The first-order valence-corrected chi connectivity index (χ1v) is 15.3. The number of nitrogens with zero attached hydrogens (tertiary/aromatic N) is 2. The maximum absolute atomic E-state index is 14.0. The summed E-state index contributed by atoms with van der Waals surface area (Å²) < 4.78 is 53.0. The lowest BCUT2D eigenvalue weighted by Gasteiger charge is -2.32. The summed E-state index contributed by atoms with van der Waals surface area (Å²) in [5.74, 6) is -0.367. The number of carbonyl (C=O) groups is 2. The van der Waals surface area contributed by atoms with Gasteiger partial charge in [-0.3, -0.25) is 13.9 Å². The second-order valence-corrected chi connectivity index (χ2v) is 11.4. The molecule has 1 atom stereocenters. The van der Waals surface area contributed by atoms with Crippen LogP contribution >= 0.6 is 0 Å². The van der Waals surface area contributed by atoms with E-state index in [-0.39, 0.29) is 23.0 Å². The van der Waals surface area contributed by atoms with E-state index in [1.807, 2.05) is 13.8 Å². The van der Waals surface area contributed by atoms with Gasteiger partial charge in [0.1, 0.15) is 29.9 Å². The van der Waals surface area contributed by atoms with Crippen molar-refractivity contribution in [2.45, 2.75) is 51.1 Å². The van der Waals surface area contributed by atoms with Gasteiger partial charge in [0.15, 0.2) is 0 Å². The number of sulfonamides is 1. The van der Waals surface area contributed by atoms with Crippen molar-refractivity contribution in [2.75, 3.05) is 31.1 Å². The zero-order chi connectivity index (χ0) is 30.7. The van der Waals surface area contributed by atoms with E-state index in [4.69, 9.17) is 9.47 Å². The smallest absolute Gasteiger partial charge is 0.264 e. The normalized spacial score (nSPS) is 11.8. The number of unbranched alkanes of at least 4 members (excludes halogenated alkanes) is 1. The van der Waals surface area contributed by atoms with Crippen LogP contribution in [0.25, 0.3) is 0 Å². The molecular weight excluding hydrogens is 561 g/mol. The molecule has 0 spiro atoms. The topological polar surface area (TPSA) is 105 Å². The number of benzene rings is 3. The molecule has 0 saturated carbocycles. The molecule has 0 saturated heterocycles. The molecule has 0 aliphatic carbocycles. The third-order valence-corrected chi connectivity index (χ3v) is 8.41. The standard InChI is InChI=1S/C31H38FN3O6S/c1-5-7-20-33-31(37)23(3)34(21-24-8-14-27(40-4)15-9-24)30(36)22-35(26-12-16-28(17-13-26)41-6-2)42(38,39)29-18-10-25(32)11-19-29/h8-19,23H,5-7,20-22H2,1-4H3,(H,33,37)/t23-/m0/s1. The van der Waals surface area contributed by atoms with Gasteiger partial charge in [0, 0.05) is 13.1 Å². The zero-order valence-electron chi connectivity index (χ0n) is 24.4. The van der Waals surface area contributed by atoms with E-state index < -0.39 is 34.3 Å². The number of amides is 2. The minimum atomic E-state index is -4.31. The van der Waals surface area contributed by atoms with Gasteiger partial charge in [-0.2, -0.15) is 0 Å². The minimum Gasteiger partial charge on any atom is -0.497 e. The molecule has 0 bridgehead atoms. The highest BCUT2D eigenvalue weighted by Gasteiger charge is 2.32. The Balaban J connectivity index is 2.00. The van der Waals surface area contributed by atoms with Crippen LogP contribution in [0.1, 0.15) is 39.2 Å². The molecule has 3 rings (SSSR count). The van der Waals surface area contributed by atoms with E-state index in [9.17, 15) is 22.4 Å². The summed E-state index contributed by atoms with van der Waals surface area (Å²) in [6.07, 6.45) is 1.67. The van der Waals surface area contributed by atoms with Gasteiger partial charge in [0.2, 0.25) is 11.8 Å². The maximum Gasteiger partial charge on any atom is 0.264 e. The summed E-state index contributed by atoms with van der Waals surface area (Å²) in [6.45, 7) is 5.78. The van der Waals surface area contributed by atoms with Crippen LogP contribution in [0.5, 0.6) is 11.5 Å². The van der Waals surface area contributed by atoms with Gasteiger partial charge in [-0.05, 0) is 86.5 Å². The van der Waals surface area contributed by atoms with E-state index in [0.717, 1.165) is 47.0 Å². The lowest BCUT2D eigenvalue weighted by molar-refractivity contribution is -0.139. The van der Waals surface area contributed by atoms with Crippen LogP contribution in [-0.2, 0) is 26.2 Å². The van der Waals surface area contributed by atoms with Gasteiger partial charge < -0.3 is 19.7 Å². The van der Waals surface area contributed by atoms with Gasteiger partial charge in [0.25, 0.3) is 10.0 Å². The van der Waals surface area contributed by atoms with E-state index in [2.05, 4.69) is 5.32 Å². The van der Waals surface area contributed by atoms with Gasteiger partial charge in [-0.25, -0.2) is 12.8 Å². The molecular formula is C31H38FN3O6S. The number of hydrogen-bond donors (Lipinski definition) is 1. The summed E-state index contributed by atoms with van der Waals surface area (Å²) >= 11 is 0. The summed E-state index contributed by atoms with van der Waals surface area (Å²) in [5.41, 5.74) is 0.937. The van der Waals surface area contributed by atoms with Crippen LogP contribution in [0.3, 0.4) is 0 Å². The molecule has 0 fully saturated rings.